The quantitative estimate of drug-likeness (QED) is 0.605. The van der Waals surface area contributed by atoms with Crippen molar-refractivity contribution >= 4 is 6.29 Å². The third-order valence-corrected chi connectivity index (χ3v) is 1.49. The molecular formula is C9H13NO. The van der Waals surface area contributed by atoms with Gasteiger partial charge in [0.2, 0.25) is 0 Å². The number of hydrogen-bond donors (Lipinski definition) is 0. The molecule has 0 aliphatic carbocycles. The largest absolute Gasteiger partial charge is 0.353 e. The molecule has 0 saturated heterocycles. The van der Waals surface area contributed by atoms with Gasteiger partial charge in [0, 0.05) is 24.5 Å². The van der Waals surface area contributed by atoms with Crippen LogP contribution in [0.4, 0.5) is 0 Å². The van der Waals surface area contributed by atoms with Crippen LogP contribution in [0.1, 0.15) is 24.2 Å². The van der Waals surface area contributed by atoms with Crippen molar-refractivity contribution < 1.29 is 4.79 Å². The molecule has 1 aromatic heterocycles. The lowest BCUT2D eigenvalue weighted by atomic mass is 10.2. The fraction of sp³-hybridized carbons (Fsp3) is 0.444. The number of carbonyl (C=O) groups excluding carboxylic acids is 1. The number of rotatable bonds is 3. The summed E-state index contributed by atoms with van der Waals surface area (Å²) >= 11 is 0. The maximum atomic E-state index is 10.3. The Balaban J connectivity index is 2.65. The Morgan fingerprint density at radius 3 is 2.82 bits per heavy atom. The van der Waals surface area contributed by atoms with Gasteiger partial charge in [-0.2, -0.15) is 0 Å². The number of aromatic nitrogens is 1. The van der Waals surface area contributed by atoms with Crippen molar-refractivity contribution in [1.29, 1.82) is 0 Å². The van der Waals surface area contributed by atoms with Gasteiger partial charge in [-0.05, 0) is 12.0 Å². The first kappa shape index (κ1) is 8.05. The summed E-state index contributed by atoms with van der Waals surface area (Å²) in [5.74, 6) is 0.627. The second kappa shape index (κ2) is 3.37. The molecule has 11 heavy (non-hydrogen) atoms. The Kier molecular flexibility index (Phi) is 2.47. The second-order valence-electron chi connectivity index (χ2n) is 3.15. The average Bonchev–Trinajstić information content (AvgIpc) is 2.34. The van der Waals surface area contributed by atoms with Crippen LogP contribution in [0.25, 0.3) is 0 Å². The van der Waals surface area contributed by atoms with Gasteiger partial charge in [-0.15, -0.1) is 0 Å². The van der Waals surface area contributed by atoms with Crippen LogP contribution in [0, 0.1) is 5.92 Å². The molecule has 0 spiro atoms. The Morgan fingerprint density at radius 1 is 1.64 bits per heavy atom. The van der Waals surface area contributed by atoms with Gasteiger partial charge >= 0.3 is 0 Å². The van der Waals surface area contributed by atoms with Crippen LogP contribution in [0.15, 0.2) is 18.5 Å². The van der Waals surface area contributed by atoms with Gasteiger partial charge in [-0.3, -0.25) is 4.79 Å². The monoisotopic (exact) mass is 151 g/mol. The summed E-state index contributed by atoms with van der Waals surface area (Å²) in [6.07, 6.45) is 4.67. The maximum absolute atomic E-state index is 10.3. The molecule has 0 fully saturated rings. The Hall–Kier alpha value is -1.05. The molecule has 0 amide bonds. The fourth-order valence-corrected chi connectivity index (χ4v) is 1.06. The molecule has 0 saturated carbocycles. The van der Waals surface area contributed by atoms with Crippen LogP contribution in [0.3, 0.4) is 0 Å². The molecule has 2 nitrogen and oxygen atoms in total. The molecule has 1 heterocycles. The van der Waals surface area contributed by atoms with Crippen LogP contribution >= 0.6 is 0 Å². The first-order chi connectivity index (χ1) is 5.22. The van der Waals surface area contributed by atoms with Crippen molar-refractivity contribution in [2.45, 2.75) is 20.4 Å². The van der Waals surface area contributed by atoms with Crippen molar-refractivity contribution in [1.82, 2.24) is 4.57 Å². The molecule has 2 heteroatoms. The highest BCUT2D eigenvalue weighted by Crippen LogP contribution is 2.02. The minimum atomic E-state index is 0.627. The Labute approximate surface area is 66.8 Å². The highest BCUT2D eigenvalue weighted by Gasteiger charge is 1.96. The maximum Gasteiger partial charge on any atom is 0.151 e. The smallest absolute Gasteiger partial charge is 0.151 e. The second-order valence-corrected chi connectivity index (χ2v) is 3.15. The Morgan fingerprint density at radius 2 is 2.36 bits per heavy atom. The van der Waals surface area contributed by atoms with E-state index in [1.165, 1.54) is 0 Å². The molecule has 1 rings (SSSR count). The predicted molar refractivity (Wildman–Crippen MR) is 44.7 cm³/mol. The summed E-state index contributed by atoms with van der Waals surface area (Å²) in [5, 5.41) is 0. The van der Waals surface area contributed by atoms with Gasteiger partial charge in [-0.25, -0.2) is 0 Å². The predicted octanol–water partition coefficient (Wildman–Crippen LogP) is 1.96. The molecule has 0 N–H and O–H groups in total. The van der Waals surface area contributed by atoms with E-state index in [9.17, 15) is 4.79 Å². The highest BCUT2D eigenvalue weighted by atomic mass is 16.1. The zero-order chi connectivity index (χ0) is 8.27. The fourth-order valence-electron chi connectivity index (χ4n) is 1.06. The molecule has 0 atom stereocenters. The van der Waals surface area contributed by atoms with Crippen LogP contribution in [-0.2, 0) is 6.54 Å². The normalized spacial score (nSPS) is 10.5. The summed E-state index contributed by atoms with van der Waals surface area (Å²) in [6, 6.07) is 1.83. The van der Waals surface area contributed by atoms with E-state index >= 15 is 0 Å². The number of aldehydes is 1. The standard InChI is InChI=1S/C9H13NO/c1-8(2)5-10-4-3-9(6-10)7-11/h3-4,6-8H,5H2,1-2H3. The van der Waals surface area contributed by atoms with Crippen molar-refractivity contribution in [3.05, 3.63) is 24.0 Å². The minimum absolute atomic E-state index is 0.627. The summed E-state index contributed by atoms with van der Waals surface area (Å²) in [7, 11) is 0. The third kappa shape index (κ3) is 2.22. The van der Waals surface area contributed by atoms with Gasteiger partial charge in [0.1, 0.15) is 0 Å². The van der Waals surface area contributed by atoms with E-state index in [1.54, 1.807) is 0 Å². The Bertz CT molecular complexity index is 237. The van der Waals surface area contributed by atoms with Crippen molar-refractivity contribution in [2.24, 2.45) is 5.92 Å². The molecule has 0 aliphatic heterocycles. The van der Waals surface area contributed by atoms with Crippen molar-refractivity contribution in [2.75, 3.05) is 0 Å². The number of hydrogen-bond acceptors (Lipinski definition) is 1. The lowest BCUT2D eigenvalue weighted by Gasteiger charge is -2.04. The first-order valence-corrected chi connectivity index (χ1v) is 3.83. The van der Waals surface area contributed by atoms with Crippen LogP contribution < -0.4 is 0 Å². The van der Waals surface area contributed by atoms with Crippen LogP contribution in [0.5, 0.6) is 0 Å². The summed E-state index contributed by atoms with van der Waals surface area (Å²) in [6.45, 7) is 5.29. The minimum Gasteiger partial charge on any atom is -0.353 e. The van der Waals surface area contributed by atoms with Gasteiger partial charge in [0.15, 0.2) is 6.29 Å². The molecule has 0 radical (unpaired) electrons. The van der Waals surface area contributed by atoms with Gasteiger partial charge < -0.3 is 4.57 Å². The average molecular weight is 151 g/mol. The molecule has 0 unspecified atom stereocenters. The lowest BCUT2D eigenvalue weighted by Crippen LogP contribution is -2.00. The zero-order valence-corrected chi connectivity index (χ0v) is 6.95. The molecular weight excluding hydrogens is 138 g/mol. The van der Waals surface area contributed by atoms with E-state index in [0.29, 0.717) is 5.92 Å². The topological polar surface area (TPSA) is 22.0 Å². The molecule has 0 bridgehead atoms. The van der Waals surface area contributed by atoms with E-state index < -0.39 is 0 Å². The first-order valence-electron chi connectivity index (χ1n) is 3.83. The molecule has 60 valence electrons. The lowest BCUT2D eigenvalue weighted by molar-refractivity contribution is 0.112. The highest BCUT2D eigenvalue weighted by molar-refractivity contribution is 5.74. The zero-order valence-electron chi connectivity index (χ0n) is 6.95. The van der Waals surface area contributed by atoms with Gasteiger partial charge in [-0.1, -0.05) is 13.8 Å². The molecule has 1 aromatic rings. The van der Waals surface area contributed by atoms with Crippen molar-refractivity contribution in [3.63, 3.8) is 0 Å². The molecule has 0 aromatic carbocycles. The van der Waals surface area contributed by atoms with Gasteiger partial charge in [0.25, 0.3) is 0 Å². The van der Waals surface area contributed by atoms with Crippen molar-refractivity contribution in [3.8, 4) is 0 Å². The van der Waals surface area contributed by atoms with Crippen LogP contribution in [-0.4, -0.2) is 10.9 Å². The van der Waals surface area contributed by atoms with E-state index in [2.05, 4.69) is 13.8 Å². The van der Waals surface area contributed by atoms with E-state index in [-0.39, 0.29) is 0 Å². The van der Waals surface area contributed by atoms with E-state index in [4.69, 9.17) is 0 Å². The number of nitrogens with zero attached hydrogens (tertiary/aromatic N) is 1. The summed E-state index contributed by atoms with van der Waals surface area (Å²) in [4.78, 5) is 10.3. The van der Waals surface area contributed by atoms with E-state index in [0.717, 1.165) is 18.4 Å². The van der Waals surface area contributed by atoms with E-state index in [1.807, 2.05) is 23.0 Å². The summed E-state index contributed by atoms with van der Waals surface area (Å²) < 4.78 is 2.04. The number of carbonyl (C=O) groups is 1. The van der Waals surface area contributed by atoms with Crippen LogP contribution in [0.2, 0.25) is 0 Å². The summed E-state index contributed by atoms with van der Waals surface area (Å²) in [5.41, 5.74) is 0.755. The SMILES string of the molecule is CC(C)Cn1ccc(C=O)c1. The third-order valence-electron chi connectivity index (χ3n) is 1.49. The molecule has 0 aliphatic rings. The van der Waals surface area contributed by atoms with Gasteiger partial charge in [0.05, 0.1) is 0 Å².